The van der Waals surface area contributed by atoms with Crippen molar-refractivity contribution >= 4 is 39.2 Å². The Balaban J connectivity index is 1.47. The summed E-state index contributed by atoms with van der Waals surface area (Å²) in [5, 5.41) is 4.30. The quantitative estimate of drug-likeness (QED) is 0.623. The minimum absolute atomic E-state index is 0.0108. The van der Waals surface area contributed by atoms with E-state index >= 15 is 0 Å². The lowest BCUT2D eigenvalue weighted by Gasteiger charge is -2.12. The van der Waals surface area contributed by atoms with E-state index in [1.165, 1.54) is 28.6 Å². The molecule has 6 nitrogen and oxygen atoms in total. The normalized spacial score (nSPS) is 19.7. The predicted octanol–water partition coefficient (Wildman–Crippen LogP) is 2.26. The van der Waals surface area contributed by atoms with E-state index < -0.39 is 0 Å². The summed E-state index contributed by atoms with van der Waals surface area (Å²) in [5.74, 6) is 0.203. The average Bonchev–Trinajstić information content (AvgIpc) is 3.28. The molecule has 8 heteroatoms. The number of hydrogen-bond donors (Lipinski definition) is 1. The van der Waals surface area contributed by atoms with E-state index in [-0.39, 0.29) is 23.3 Å². The molecule has 26 heavy (non-hydrogen) atoms. The lowest BCUT2D eigenvalue weighted by Crippen LogP contribution is -2.33. The summed E-state index contributed by atoms with van der Waals surface area (Å²) >= 11 is 2.96. The van der Waals surface area contributed by atoms with Gasteiger partial charge in [0.05, 0.1) is 17.2 Å². The van der Waals surface area contributed by atoms with Crippen molar-refractivity contribution in [2.24, 2.45) is 7.05 Å². The highest BCUT2D eigenvalue weighted by Crippen LogP contribution is 2.34. The van der Waals surface area contributed by atoms with Gasteiger partial charge in [0.1, 0.15) is 4.83 Å². The molecule has 2 aromatic rings. The fourth-order valence-corrected chi connectivity index (χ4v) is 5.71. The fourth-order valence-electron chi connectivity index (χ4n) is 3.61. The number of rotatable bonds is 5. The molecule has 0 spiro atoms. The Morgan fingerprint density at radius 2 is 2.23 bits per heavy atom. The second-order valence-corrected chi connectivity index (χ2v) is 8.90. The van der Waals surface area contributed by atoms with Crippen molar-refractivity contribution in [3.05, 3.63) is 20.8 Å². The Hall–Kier alpha value is -1.38. The number of thioether (sulfide) groups is 1. The van der Waals surface area contributed by atoms with Gasteiger partial charge in [0.25, 0.3) is 5.56 Å². The SMILES string of the molecule is Cn1c(SCC(=O)NCC2CCCO2)nc2sc3c(c2c1=O)CCCC3. The summed E-state index contributed by atoms with van der Waals surface area (Å²) in [5.41, 5.74) is 1.21. The van der Waals surface area contributed by atoms with Gasteiger partial charge in [-0.1, -0.05) is 11.8 Å². The smallest absolute Gasteiger partial charge is 0.262 e. The van der Waals surface area contributed by atoms with Gasteiger partial charge in [-0.25, -0.2) is 4.98 Å². The second-order valence-electron chi connectivity index (χ2n) is 6.88. The van der Waals surface area contributed by atoms with Gasteiger partial charge in [0.15, 0.2) is 5.16 Å². The van der Waals surface area contributed by atoms with E-state index in [1.807, 2.05) is 0 Å². The Labute approximate surface area is 160 Å². The maximum atomic E-state index is 12.8. The van der Waals surface area contributed by atoms with Crippen LogP contribution in [-0.2, 0) is 29.4 Å². The van der Waals surface area contributed by atoms with Gasteiger partial charge in [-0.2, -0.15) is 0 Å². The molecule has 0 radical (unpaired) electrons. The first-order chi connectivity index (χ1) is 12.6. The number of fused-ring (bicyclic) bond motifs is 3. The molecule has 1 aliphatic carbocycles. The van der Waals surface area contributed by atoms with Gasteiger partial charge in [-0.05, 0) is 44.1 Å². The zero-order chi connectivity index (χ0) is 18.1. The number of aryl methyl sites for hydroxylation is 2. The lowest BCUT2D eigenvalue weighted by molar-refractivity contribution is -0.119. The van der Waals surface area contributed by atoms with Crippen molar-refractivity contribution in [2.45, 2.75) is 49.8 Å². The van der Waals surface area contributed by atoms with Crippen molar-refractivity contribution < 1.29 is 9.53 Å². The second kappa shape index (κ2) is 7.70. The van der Waals surface area contributed by atoms with Gasteiger partial charge in [0, 0.05) is 25.1 Å². The molecule has 1 aliphatic heterocycles. The van der Waals surface area contributed by atoms with Gasteiger partial charge in [-0.15, -0.1) is 11.3 Å². The third kappa shape index (κ3) is 3.54. The fraction of sp³-hybridized carbons (Fsp3) is 0.611. The molecule has 0 saturated carbocycles. The molecule has 140 valence electrons. The van der Waals surface area contributed by atoms with Crippen LogP contribution in [0.3, 0.4) is 0 Å². The topological polar surface area (TPSA) is 73.2 Å². The summed E-state index contributed by atoms with van der Waals surface area (Å²) in [4.78, 5) is 31.7. The number of carbonyl (C=O) groups excluding carboxylic acids is 1. The number of aromatic nitrogens is 2. The number of amides is 1. The van der Waals surface area contributed by atoms with Crippen LogP contribution in [0, 0.1) is 0 Å². The Bertz CT molecular complexity index is 884. The molecule has 2 aromatic heterocycles. The van der Waals surface area contributed by atoms with Gasteiger partial charge < -0.3 is 10.1 Å². The standard InChI is InChI=1S/C18H23N3O3S2/c1-21-17(23)15-12-6-2-3-7-13(12)26-16(15)20-18(21)25-10-14(22)19-9-11-5-4-8-24-11/h11H,2-10H2,1H3,(H,19,22). The maximum absolute atomic E-state index is 12.8. The van der Waals surface area contributed by atoms with Gasteiger partial charge in [0.2, 0.25) is 5.91 Å². The highest BCUT2D eigenvalue weighted by molar-refractivity contribution is 7.99. The molecule has 1 atom stereocenters. The van der Waals surface area contributed by atoms with Crippen LogP contribution < -0.4 is 10.9 Å². The van der Waals surface area contributed by atoms with Crippen LogP contribution in [0.1, 0.15) is 36.1 Å². The molecule has 2 aliphatic rings. The van der Waals surface area contributed by atoms with Crippen molar-refractivity contribution in [3.8, 4) is 0 Å². The minimum atomic E-state index is -0.0506. The summed E-state index contributed by atoms with van der Waals surface area (Å²) in [6.07, 6.45) is 6.56. The van der Waals surface area contributed by atoms with E-state index in [2.05, 4.69) is 10.3 Å². The van der Waals surface area contributed by atoms with Crippen molar-refractivity contribution in [1.29, 1.82) is 0 Å². The summed E-state index contributed by atoms with van der Waals surface area (Å²) < 4.78 is 7.10. The number of hydrogen-bond acceptors (Lipinski definition) is 6. The van der Waals surface area contributed by atoms with Crippen molar-refractivity contribution in [2.75, 3.05) is 18.9 Å². The predicted molar refractivity (Wildman–Crippen MR) is 104 cm³/mol. The molecule has 1 N–H and O–H groups in total. The largest absolute Gasteiger partial charge is 0.376 e. The Kier molecular flexibility index (Phi) is 5.33. The third-order valence-electron chi connectivity index (χ3n) is 5.04. The van der Waals surface area contributed by atoms with Crippen LogP contribution in [0.2, 0.25) is 0 Å². The number of thiophene rings is 1. The van der Waals surface area contributed by atoms with E-state index in [0.29, 0.717) is 11.7 Å². The van der Waals surface area contributed by atoms with E-state index in [0.717, 1.165) is 48.9 Å². The summed E-state index contributed by atoms with van der Waals surface area (Å²) in [6, 6.07) is 0. The van der Waals surface area contributed by atoms with Crippen LogP contribution in [0.25, 0.3) is 10.2 Å². The molecule has 3 heterocycles. The van der Waals surface area contributed by atoms with Gasteiger partial charge in [-0.3, -0.25) is 14.2 Å². The first-order valence-electron chi connectivity index (χ1n) is 9.16. The average molecular weight is 394 g/mol. The number of nitrogens with zero attached hydrogens (tertiary/aromatic N) is 2. The van der Waals surface area contributed by atoms with Crippen LogP contribution in [0.15, 0.2) is 9.95 Å². The third-order valence-corrected chi connectivity index (χ3v) is 7.25. The van der Waals surface area contributed by atoms with E-state index in [9.17, 15) is 9.59 Å². The molecule has 1 saturated heterocycles. The summed E-state index contributed by atoms with van der Waals surface area (Å²) in [7, 11) is 1.74. The number of nitrogens with one attached hydrogen (secondary N) is 1. The van der Waals surface area contributed by atoms with Crippen molar-refractivity contribution in [3.63, 3.8) is 0 Å². The zero-order valence-electron chi connectivity index (χ0n) is 14.9. The van der Waals surface area contributed by atoms with E-state index in [1.54, 1.807) is 23.0 Å². The van der Waals surface area contributed by atoms with Crippen LogP contribution in [-0.4, -0.2) is 40.5 Å². The lowest BCUT2D eigenvalue weighted by atomic mass is 9.97. The molecular weight excluding hydrogens is 370 g/mol. The van der Waals surface area contributed by atoms with Crippen LogP contribution in [0.5, 0.6) is 0 Å². The molecule has 1 fully saturated rings. The molecule has 0 aromatic carbocycles. The van der Waals surface area contributed by atoms with Crippen LogP contribution >= 0.6 is 23.1 Å². The molecule has 1 unspecified atom stereocenters. The minimum Gasteiger partial charge on any atom is -0.376 e. The Morgan fingerprint density at radius 1 is 1.38 bits per heavy atom. The molecule has 1 amide bonds. The number of carbonyl (C=O) groups is 1. The van der Waals surface area contributed by atoms with Gasteiger partial charge >= 0.3 is 0 Å². The first-order valence-corrected chi connectivity index (χ1v) is 11.0. The maximum Gasteiger partial charge on any atom is 0.262 e. The van der Waals surface area contributed by atoms with Crippen molar-refractivity contribution in [1.82, 2.24) is 14.9 Å². The summed E-state index contributed by atoms with van der Waals surface area (Å²) in [6.45, 7) is 1.34. The highest BCUT2D eigenvalue weighted by Gasteiger charge is 2.22. The molecule has 4 rings (SSSR count). The molecule has 0 bridgehead atoms. The van der Waals surface area contributed by atoms with E-state index in [4.69, 9.17) is 4.74 Å². The highest BCUT2D eigenvalue weighted by atomic mass is 32.2. The monoisotopic (exact) mass is 393 g/mol. The molecular formula is C18H23N3O3S2. The Morgan fingerprint density at radius 3 is 3.04 bits per heavy atom. The number of ether oxygens (including phenoxy) is 1. The zero-order valence-corrected chi connectivity index (χ0v) is 16.5. The van der Waals surface area contributed by atoms with Crippen LogP contribution in [0.4, 0.5) is 0 Å². The first kappa shape index (κ1) is 18.0.